The van der Waals surface area contributed by atoms with Crippen molar-refractivity contribution in [2.75, 3.05) is 13.2 Å². The first-order valence-corrected chi connectivity index (χ1v) is 12.7. The number of hydrogen-bond acceptors (Lipinski definition) is 4. The highest BCUT2D eigenvalue weighted by atomic mass is 35.5. The summed E-state index contributed by atoms with van der Waals surface area (Å²) in [7, 11) is 0. The van der Waals surface area contributed by atoms with Crippen molar-refractivity contribution < 1.29 is 9.47 Å². The summed E-state index contributed by atoms with van der Waals surface area (Å²) in [6.07, 6.45) is 3.99. The zero-order chi connectivity index (χ0) is 23.4. The Labute approximate surface area is 213 Å². The fraction of sp³-hybridized carbons (Fsp3) is 0.478. The van der Waals surface area contributed by atoms with E-state index in [1.54, 1.807) is 33.6 Å². The lowest BCUT2D eigenvalue weighted by Crippen LogP contribution is -2.66. The maximum atomic E-state index is 13.6. The second-order valence-electron chi connectivity index (χ2n) is 9.86. The van der Waals surface area contributed by atoms with E-state index < -0.39 is 15.5 Å². The zero-order valence-corrected chi connectivity index (χ0v) is 20.4. The molecule has 176 valence electrons. The Hall–Kier alpha value is -1.48. The Kier molecular flexibility index (Phi) is 3.70. The number of alkyl halides is 2. The summed E-state index contributed by atoms with van der Waals surface area (Å²) < 4.78 is 16.6. The molecule has 1 saturated heterocycles. The van der Waals surface area contributed by atoms with Crippen LogP contribution in [0, 0.1) is 23.7 Å². The van der Waals surface area contributed by atoms with E-state index in [-0.39, 0.29) is 57.2 Å². The molecule has 7 nitrogen and oxygen atoms in total. The second kappa shape index (κ2) is 6.07. The van der Waals surface area contributed by atoms with Gasteiger partial charge >= 0.3 is 11.4 Å². The SMILES string of the molecule is O=c1n(-c2ccccc2)c(=O)n2n1[C@H]1C=C[C@H]2[C@@H]2[C@@H]1[C@@H]1[C@@H]2[C@]2(Cl)C(Cl)=C(Cl)[C@]1(Cl)C21OCCO1. The lowest BCUT2D eigenvalue weighted by molar-refractivity contribution is -0.172. The first-order chi connectivity index (χ1) is 16.3. The molecule has 4 heterocycles. The van der Waals surface area contributed by atoms with Gasteiger partial charge in [0.05, 0.1) is 41.0 Å². The van der Waals surface area contributed by atoms with Crippen LogP contribution in [0.5, 0.6) is 0 Å². The van der Waals surface area contributed by atoms with Gasteiger partial charge in [-0.15, -0.1) is 23.2 Å². The predicted molar refractivity (Wildman–Crippen MR) is 126 cm³/mol. The van der Waals surface area contributed by atoms with Crippen LogP contribution in [0.1, 0.15) is 12.1 Å². The van der Waals surface area contributed by atoms with Gasteiger partial charge in [0.25, 0.3) is 0 Å². The molecule has 3 fully saturated rings. The predicted octanol–water partition coefficient (Wildman–Crippen LogP) is 3.36. The van der Waals surface area contributed by atoms with Gasteiger partial charge in [0.1, 0.15) is 9.75 Å². The van der Waals surface area contributed by atoms with Crippen LogP contribution in [0.2, 0.25) is 0 Å². The monoisotopic (exact) mass is 539 g/mol. The fourth-order valence-corrected chi connectivity index (χ4v) is 10.2. The molecule has 4 bridgehead atoms. The molecule has 8 atom stereocenters. The van der Waals surface area contributed by atoms with Crippen molar-refractivity contribution in [3.05, 3.63) is 73.5 Å². The van der Waals surface area contributed by atoms with Crippen molar-refractivity contribution >= 4 is 46.4 Å². The van der Waals surface area contributed by atoms with E-state index in [0.717, 1.165) is 0 Å². The number of rotatable bonds is 1. The average molecular weight is 541 g/mol. The van der Waals surface area contributed by atoms with E-state index in [0.29, 0.717) is 18.9 Å². The van der Waals surface area contributed by atoms with E-state index in [4.69, 9.17) is 55.9 Å². The van der Waals surface area contributed by atoms with Gasteiger partial charge in [0, 0.05) is 0 Å². The van der Waals surface area contributed by atoms with Crippen LogP contribution >= 0.6 is 46.4 Å². The van der Waals surface area contributed by atoms with Crippen LogP contribution in [0.4, 0.5) is 0 Å². The van der Waals surface area contributed by atoms with Crippen molar-refractivity contribution in [3.8, 4) is 5.69 Å². The summed E-state index contributed by atoms with van der Waals surface area (Å²) in [5, 5.41) is 0.508. The largest absolute Gasteiger partial charge is 0.352 e. The number of aromatic nitrogens is 3. The van der Waals surface area contributed by atoms with Crippen LogP contribution in [0.25, 0.3) is 5.69 Å². The molecule has 34 heavy (non-hydrogen) atoms. The highest BCUT2D eigenvalue weighted by Crippen LogP contribution is 2.84. The fourth-order valence-electron chi connectivity index (χ4n) is 7.94. The third kappa shape index (κ3) is 1.77. The van der Waals surface area contributed by atoms with E-state index in [1.165, 1.54) is 4.57 Å². The maximum Gasteiger partial charge on any atom is 0.352 e. The van der Waals surface area contributed by atoms with E-state index in [2.05, 4.69) is 0 Å². The summed E-state index contributed by atoms with van der Waals surface area (Å²) >= 11 is 28.2. The van der Waals surface area contributed by atoms with Crippen molar-refractivity contribution in [1.29, 1.82) is 0 Å². The number of benzene rings is 1. The molecule has 2 aromatic rings. The van der Waals surface area contributed by atoms with Gasteiger partial charge in [-0.25, -0.2) is 23.5 Å². The Morgan fingerprint density at radius 3 is 1.74 bits per heavy atom. The molecule has 4 aliphatic carbocycles. The molecule has 3 aliphatic heterocycles. The topological polar surface area (TPSA) is 67.4 Å². The number of ether oxygens (including phenoxy) is 2. The van der Waals surface area contributed by atoms with E-state index in [9.17, 15) is 9.59 Å². The average Bonchev–Trinajstić information content (AvgIpc) is 3.49. The molecular weight excluding hydrogens is 524 g/mol. The van der Waals surface area contributed by atoms with Crippen LogP contribution in [-0.2, 0) is 9.47 Å². The lowest BCUT2D eigenvalue weighted by atomic mass is 9.46. The van der Waals surface area contributed by atoms with Gasteiger partial charge in [-0.05, 0) is 35.8 Å². The first kappa shape index (κ1) is 20.7. The second-order valence-corrected chi connectivity index (χ2v) is 11.8. The Morgan fingerprint density at radius 2 is 1.26 bits per heavy atom. The summed E-state index contributed by atoms with van der Waals surface area (Å²) in [4.78, 5) is 24.6. The van der Waals surface area contributed by atoms with Gasteiger partial charge in [0.15, 0.2) is 0 Å². The highest BCUT2D eigenvalue weighted by Gasteiger charge is 2.92. The van der Waals surface area contributed by atoms with Crippen LogP contribution in [0.15, 0.2) is 62.1 Å². The molecule has 1 aromatic heterocycles. The molecule has 11 heteroatoms. The number of fused-ring (bicyclic) bond motifs is 3. The molecule has 0 N–H and O–H groups in total. The van der Waals surface area contributed by atoms with Crippen molar-refractivity contribution in [1.82, 2.24) is 13.9 Å². The van der Waals surface area contributed by atoms with Crippen molar-refractivity contribution in [2.24, 2.45) is 23.7 Å². The van der Waals surface area contributed by atoms with Crippen LogP contribution < -0.4 is 11.4 Å². The number of para-hydroxylation sites is 1. The van der Waals surface area contributed by atoms with Crippen LogP contribution in [0.3, 0.4) is 0 Å². The minimum Gasteiger partial charge on any atom is -0.344 e. The van der Waals surface area contributed by atoms with Gasteiger partial charge in [-0.2, -0.15) is 0 Å². The number of hydrogen-bond donors (Lipinski definition) is 0. The number of halogens is 4. The highest BCUT2D eigenvalue weighted by molar-refractivity contribution is 6.52. The van der Waals surface area contributed by atoms with E-state index >= 15 is 0 Å². The molecule has 2 saturated carbocycles. The number of allylic oxidation sites excluding steroid dienone is 2. The Balaban J connectivity index is 1.35. The summed E-state index contributed by atoms with van der Waals surface area (Å²) in [6.45, 7) is 0.664. The molecule has 1 aromatic carbocycles. The lowest BCUT2D eigenvalue weighted by Gasteiger charge is -2.63. The molecule has 0 unspecified atom stereocenters. The van der Waals surface area contributed by atoms with Gasteiger partial charge in [0.2, 0.25) is 5.79 Å². The zero-order valence-electron chi connectivity index (χ0n) is 17.4. The standard InChI is InChI=1S/C23H17Cl4N3O4/c24-17-18(25)22(27)16-14-12-7-6-11(13(14)15(16)21(17,26)23(22)33-8-9-34-23)29-19(31)28(20(32)30(12)29)10-4-2-1-3-5-10/h1-7,11-16H,8-9H2/t11-,12-,13+,14+,15+,16+,21-,22-/m0/s1. The Bertz CT molecular complexity index is 1390. The molecule has 1 spiro atoms. The molecular formula is C23H17Cl4N3O4. The Morgan fingerprint density at radius 1 is 0.794 bits per heavy atom. The molecule has 0 amide bonds. The maximum absolute atomic E-state index is 13.6. The number of nitrogens with zero attached hydrogens (tertiary/aromatic N) is 3. The van der Waals surface area contributed by atoms with Gasteiger partial charge < -0.3 is 9.47 Å². The first-order valence-electron chi connectivity index (χ1n) is 11.2. The summed E-state index contributed by atoms with van der Waals surface area (Å²) in [5.41, 5.74) is -0.235. The third-order valence-electron chi connectivity index (χ3n) is 8.94. The molecule has 7 aliphatic rings. The quantitative estimate of drug-likeness (QED) is 0.411. The summed E-state index contributed by atoms with van der Waals surface area (Å²) in [5.74, 6) is -2.01. The molecule has 9 rings (SSSR count). The minimum atomic E-state index is -1.38. The summed E-state index contributed by atoms with van der Waals surface area (Å²) in [6, 6.07) is 8.18. The van der Waals surface area contributed by atoms with Gasteiger partial charge in [-0.1, -0.05) is 53.6 Å². The normalized spacial score (nSPS) is 43.9. The third-order valence-corrected chi connectivity index (χ3v) is 11.6. The minimum absolute atomic E-state index is 0.0787. The van der Waals surface area contributed by atoms with Crippen molar-refractivity contribution in [2.45, 2.75) is 27.6 Å². The van der Waals surface area contributed by atoms with Crippen LogP contribution in [-0.4, -0.2) is 42.7 Å². The van der Waals surface area contributed by atoms with Crippen molar-refractivity contribution in [3.63, 3.8) is 0 Å². The molecule has 0 radical (unpaired) electrons. The van der Waals surface area contributed by atoms with Gasteiger partial charge in [-0.3, -0.25) is 0 Å². The van der Waals surface area contributed by atoms with E-state index in [1.807, 2.05) is 18.2 Å². The smallest absolute Gasteiger partial charge is 0.344 e.